The van der Waals surface area contributed by atoms with Crippen LogP contribution in [0.1, 0.15) is 39.9 Å². The molecule has 0 spiro atoms. The van der Waals surface area contributed by atoms with Gasteiger partial charge in [-0.2, -0.15) is 5.10 Å². The molecule has 6 heteroatoms. The Morgan fingerprint density at radius 3 is 2.68 bits per heavy atom. The molecule has 0 fully saturated rings. The normalized spacial score (nSPS) is 14.1. The third-order valence-electron chi connectivity index (χ3n) is 3.19. The fraction of sp³-hybridized carbons (Fsp3) is 0.846. The third kappa shape index (κ3) is 5.26. The molecule has 0 aromatic carbocycles. The van der Waals surface area contributed by atoms with Crippen LogP contribution in [-0.2, 0) is 17.7 Å². The van der Waals surface area contributed by atoms with Crippen LogP contribution in [0.4, 0.5) is 0 Å². The molecule has 0 saturated heterocycles. The van der Waals surface area contributed by atoms with Crippen LogP contribution in [0.15, 0.2) is 6.33 Å². The Bertz CT molecular complexity index is 375. The minimum atomic E-state index is -0.208. The highest BCUT2D eigenvalue weighted by molar-refractivity contribution is 4.91. The summed E-state index contributed by atoms with van der Waals surface area (Å²) < 4.78 is 7.40. The molecule has 0 radical (unpaired) electrons. The average molecular weight is 269 g/mol. The number of nitrogens with zero attached hydrogens (tertiary/aromatic N) is 3. The highest BCUT2D eigenvalue weighted by Crippen LogP contribution is 2.17. The minimum absolute atomic E-state index is 0.116. The zero-order chi connectivity index (χ0) is 14.5. The van der Waals surface area contributed by atoms with Crippen molar-refractivity contribution in [2.24, 2.45) is 11.8 Å². The van der Waals surface area contributed by atoms with Gasteiger partial charge in [0.1, 0.15) is 12.2 Å². The van der Waals surface area contributed by atoms with Gasteiger partial charge in [-0.1, -0.05) is 13.8 Å². The van der Waals surface area contributed by atoms with E-state index in [0.29, 0.717) is 5.92 Å². The maximum atomic E-state index is 5.64. The molecule has 0 aliphatic heterocycles. The topological polar surface area (TPSA) is 78.0 Å². The van der Waals surface area contributed by atoms with E-state index in [2.05, 4.69) is 43.2 Å². The summed E-state index contributed by atoms with van der Waals surface area (Å²) in [5, 5.41) is 4.27. The summed E-state index contributed by atoms with van der Waals surface area (Å²) in [5.41, 5.74) is 2.64. The predicted molar refractivity (Wildman–Crippen MR) is 75.4 cm³/mol. The van der Waals surface area contributed by atoms with Crippen molar-refractivity contribution in [3.63, 3.8) is 0 Å². The Morgan fingerprint density at radius 1 is 1.47 bits per heavy atom. The van der Waals surface area contributed by atoms with Gasteiger partial charge < -0.3 is 4.74 Å². The first-order chi connectivity index (χ1) is 8.88. The van der Waals surface area contributed by atoms with Gasteiger partial charge in [-0.05, 0) is 26.2 Å². The Labute approximate surface area is 115 Å². The van der Waals surface area contributed by atoms with E-state index in [4.69, 9.17) is 10.6 Å². The zero-order valence-electron chi connectivity index (χ0n) is 12.7. The standard InChI is InChI=1S/C13H27N5O/c1-10(2)8-18-12(15-9-16-18)6-11(17-14)7-13(3,4)19-5/h9-11,17H,6-8,14H2,1-5H3. The Kier molecular flexibility index (Phi) is 5.90. The lowest BCUT2D eigenvalue weighted by atomic mass is 9.97. The summed E-state index contributed by atoms with van der Waals surface area (Å²) in [6.45, 7) is 9.31. The van der Waals surface area contributed by atoms with Crippen LogP contribution in [0.2, 0.25) is 0 Å². The molecule has 0 amide bonds. The summed E-state index contributed by atoms with van der Waals surface area (Å²) in [6, 6.07) is 0.116. The van der Waals surface area contributed by atoms with Gasteiger partial charge in [-0.15, -0.1) is 0 Å². The van der Waals surface area contributed by atoms with Gasteiger partial charge in [0.05, 0.1) is 5.60 Å². The Hall–Kier alpha value is -0.980. The number of hydrogen-bond acceptors (Lipinski definition) is 5. The molecule has 1 rings (SSSR count). The van der Waals surface area contributed by atoms with Crippen LogP contribution in [0.5, 0.6) is 0 Å². The molecular weight excluding hydrogens is 242 g/mol. The molecule has 0 aliphatic rings. The van der Waals surface area contributed by atoms with Crippen LogP contribution in [0, 0.1) is 5.92 Å². The van der Waals surface area contributed by atoms with E-state index in [1.165, 1.54) is 0 Å². The van der Waals surface area contributed by atoms with Crippen molar-refractivity contribution in [3.8, 4) is 0 Å². The average Bonchev–Trinajstić information content (AvgIpc) is 2.74. The smallest absolute Gasteiger partial charge is 0.138 e. The maximum absolute atomic E-state index is 5.64. The van der Waals surface area contributed by atoms with E-state index in [1.54, 1.807) is 13.4 Å². The van der Waals surface area contributed by atoms with Crippen LogP contribution in [0.25, 0.3) is 0 Å². The number of rotatable bonds is 8. The fourth-order valence-electron chi connectivity index (χ4n) is 2.03. The van der Waals surface area contributed by atoms with E-state index in [1.807, 2.05) is 4.68 Å². The summed E-state index contributed by atoms with van der Waals surface area (Å²) in [6.07, 6.45) is 3.16. The minimum Gasteiger partial charge on any atom is -0.379 e. The summed E-state index contributed by atoms with van der Waals surface area (Å²) >= 11 is 0. The Balaban J connectivity index is 2.68. The predicted octanol–water partition coefficient (Wildman–Crippen LogP) is 1.12. The number of hydrogen-bond donors (Lipinski definition) is 2. The van der Waals surface area contributed by atoms with Crippen molar-refractivity contribution in [2.75, 3.05) is 7.11 Å². The van der Waals surface area contributed by atoms with E-state index < -0.39 is 0 Å². The van der Waals surface area contributed by atoms with Gasteiger partial charge in [-0.25, -0.2) is 9.67 Å². The molecular formula is C13H27N5O. The second-order valence-electron chi connectivity index (χ2n) is 5.99. The third-order valence-corrected chi connectivity index (χ3v) is 3.19. The number of aromatic nitrogens is 3. The second kappa shape index (κ2) is 6.98. The maximum Gasteiger partial charge on any atom is 0.138 e. The van der Waals surface area contributed by atoms with Crippen molar-refractivity contribution < 1.29 is 4.74 Å². The summed E-state index contributed by atoms with van der Waals surface area (Å²) in [4.78, 5) is 4.33. The van der Waals surface area contributed by atoms with Crippen LogP contribution < -0.4 is 11.3 Å². The molecule has 0 aliphatic carbocycles. The lowest BCUT2D eigenvalue weighted by Gasteiger charge is -2.28. The molecule has 1 aromatic rings. The van der Waals surface area contributed by atoms with Crippen LogP contribution >= 0.6 is 0 Å². The van der Waals surface area contributed by atoms with Crippen LogP contribution in [0.3, 0.4) is 0 Å². The van der Waals surface area contributed by atoms with Crippen molar-refractivity contribution in [2.45, 2.75) is 58.7 Å². The fourth-order valence-corrected chi connectivity index (χ4v) is 2.03. The van der Waals surface area contributed by atoms with E-state index in [0.717, 1.165) is 25.2 Å². The summed E-state index contributed by atoms with van der Waals surface area (Å²) in [5.74, 6) is 7.14. The molecule has 3 N–H and O–H groups in total. The lowest BCUT2D eigenvalue weighted by Crippen LogP contribution is -2.43. The molecule has 1 atom stereocenters. The van der Waals surface area contributed by atoms with Gasteiger partial charge >= 0.3 is 0 Å². The molecule has 1 aromatic heterocycles. The molecule has 6 nitrogen and oxygen atoms in total. The summed E-state index contributed by atoms with van der Waals surface area (Å²) in [7, 11) is 1.72. The number of nitrogens with two attached hydrogens (primary N) is 1. The Morgan fingerprint density at radius 2 is 2.16 bits per heavy atom. The van der Waals surface area contributed by atoms with E-state index in [9.17, 15) is 0 Å². The number of methoxy groups -OCH3 is 1. The van der Waals surface area contributed by atoms with Gasteiger partial charge in [0.2, 0.25) is 0 Å². The second-order valence-corrected chi connectivity index (χ2v) is 5.99. The van der Waals surface area contributed by atoms with Crippen LogP contribution in [-0.4, -0.2) is 33.5 Å². The van der Waals surface area contributed by atoms with Crippen molar-refractivity contribution in [3.05, 3.63) is 12.2 Å². The van der Waals surface area contributed by atoms with Crippen molar-refractivity contribution in [1.82, 2.24) is 20.2 Å². The van der Waals surface area contributed by atoms with E-state index in [-0.39, 0.29) is 11.6 Å². The number of nitrogens with one attached hydrogen (secondary N) is 1. The number of ether oxygens (including phenoxy) is 1. The number of hydrazine groups is 1. The van der Waals surface area contributed by atoms with Gasteiger partial charge in [0.25, 0.3) is 0 Å². The molecule has 1 unspecified atom stereocenters. The SMILES string of the molecule is COC(C)(C)CC(Cc1ncnn1CC(C)C)NN. The van der Waals surface area contributed by atoms with Gasteiger partial charge in [-0.3, -0.25) is 11.3 Å². The van der Waals surface area contributed by atoms with Gasteiger partial charge in [0.15, 0.2) is 0 Å². The van der Waals surface area contributed by atoms with E-state index >= 15 is 0 Å². The molecule has 1 heterocycles. The van der Waals surface area contributed by atoms with Crippen molar-refractivity contribution in [1.29, 1.82) is 0 Å². The highest BCUT2D eigenvalue weighted by atomic mass is 16.5. The first-order valence-electron chi connectivity index (χ1n) is 6.76. The molecule has 19 heavy (non-hydrogen) atoms. The first kappa shape index (κ1) is 16.1. The zero-order valence-corrected chi connectivity index (χ0v) is 12.7. The van der Waals surface area contributed by atoms with Gasteiger partial charge in [0, 0.05) is 26.1 Å². The monoisotopic (exact) mass is 269 g/mol. The lowest BCUT2D eigenvalue weighted by molar-refractivity contribution is 0.00686. The first-order valence-corrected chi connectivity index (χ1v) is 6.76. The quantitative estimate of drug-likeness (QED) is 0.546. The molecule has 0 saturated carbocycles. The van der Waals surface area contributed by atoms with Crippen molar-refractivity contribution >= 4 is 0 Å². The molecule has 110 valence electrons. The molecule has 0 bridgehead atoms. The largest absolute Gasteiger partial charge is 0.379 e. The highest BCUT2D eigenvalue weighted by Gasteiger charge is 2.23.